The number of ketones is 1. The summed E-state index contributed by atoms with van der Waals surface area (Å²) < 4.78 is 13.2. The van der Waals surface area contributed by atoms with Gasteiger partial charge in [-0.15, -0.1) is 0 Å². The van der Waals surface area contributed by atoms with Gasteiger partial charge in [-0.2, -0.15) is 0 Å². The fraction of sp³-hybridized carbons (Fsp3) is 0.481. The molecular weight excluding hydrogens is 510 g/mol. The number of carbonyl (C=O) groups is 2. The Balaban J connectivity index is 1.53. The molecule has 2 aromatic carbocycles. The summed E-state index contributed by atoms with van der Waals surface area (Å²) in [5.41, 5.74) is 0. The van der Waals surface area contributed by atoms with Crippen molar-refractivity contribution in [1.29, 1.82) is 0 Å². The largest absolute Gasteiger partial charge is 0.444 e. The molecule has 2 aromatic rings. The van der Waals surface area contributed by atoms with Crippen molar-refractivity contribution in [3.8, 4) is 0 Å². The highest BCUT2D eigenvalue weighted by molar-refractivity contribution is 9.09. The van der Waals surface area contributed by atoms with E-state index in [1.807, 2.05) is 0 Å². The third-order valence-corrected chi connectivity index (χ3v) is 13.6. The van der Waals surface area contributed by atoms with E-state index in [0.29, 0.717) is 0 Å². The van der Waals surface area contributed by atoms with Crippen LogP contribution in [0, 0.1) is 11.8 Å². The summed E-state index contributed by atoms with van der Waals surface area (Å²) in [5, 5.41) is 2.66. The normalized spacial score (nSPS) is 28.2. The first kappa shape index (κ1) is 23.8. The van der Waals surface area contributed by atoms with Gasteiger partial charge in [0, 0.05) is 11.8 Å². The lowest BCUT2D eigenvalue weighted by Crippen LogP contribution is -2.68. The summed E-state index contributed by atoms with van der Waals surface area (Å²) in [6.07, 6.45) is 1.41. The highest BCUT2D eigenvalue weighted by Gasteiger charge is 2.64. The van der Waals surface area contributed by atoms with Gasteiger partial charge in [0.1, 0.15) is 6.10 Å². The zero-order chi connectivity index (χ0) is 24.1. The van der Waals surface area contributed by atoms with E-state index < -0.39 is 8.32 Å². The predicted molar refractivity (Wildman–Crippen MR) is 138 cm³/mol. The van der Waals surface area contributed by atoms with E-state index in [0.717, 1.165) is 12.8 Å². The molecule has 1 aliphatic heterocycles. The number of amides is 1. The van der Waals surface area contributed by atoms with Crippen LogP contribution < -0.4 is 10.4 Å². The Kier molecular flexibility index (Phi) is 6.23. The number of hydrogen-bond acceptors (Lipinski definition) is 4. The SMILES string of the molecule is CC(C)(C)[Si](O[C@H]1C[C@@H]2C[C@H]1[C@H]1[C@@H]2OC(=O)N1CC(=O)CBr)(c1ccccc1)c1ccccc1. The molecule has 0 unspecified atom stereocenters. The van der Waals surface area contributed by atoms with Crippen molar-refractivity contribution in [2.45, 2.75) is 56.9 Å². The third kappa shape index (κ3) is 3.76. The molecule has 0 radical (unpaired) electrons. The number of rotatable bonds is 7. The Labute approximate surface area is 211 Å². The number of benzene rings is 2. The molecule has 180 valence electrons. The Hall–Kier alpha value is -1.96. The van der Waals surface area contributed by atoms with Crippen LogP contribution in [0.25, 0.3) is 0 Å². The van der Waals surface area contributed by atoms with Crippen molar-refractivity contribution in [2.75, 3.05) is 11.9 Å². The van der Waals surface area contributed by atoms with Gasteiger partial charge in [0.15, 0.2) is 5.78 Å². The van der Waals surface area contributed by atoms with E-state index in [9.17, 15) is 9.59 Å². The second-order valence-electron chi connectivity index (χ2n) is 10.9. The van der Waals surface area contributed by atoms with Crippen molar-refractivity contribution in [3.63, 3.8) is 0 Å². The minimum atomic E-state index is -2.69. The van der Waals surface area contributed by atoms with Gasteiger partial charge in [0.05, 0.1) is 24.0 Å². The first-order valence-electron chi connectivity index (χ1n) is 12.1. The van der Waals surface area contributed by atoms with Gasteiger partial charge in [-0.25, -0.2) is 4.79 Å². The molecule has 3 fully saturated rings. The number of ether oxygens (including phenoxy) is 1. The average molecular weight is 543 g/mol. The minimum Gasteiger partial charge on any atom is -0.444 e. The second-order valence-corrected chi connectivity index (χ2v) is 15.7. The smallest absolute Gasteiger partial charge is 0.410 e. The zero-order valence-electron chi connectivity index (χ0n) is 19.9. The van der Waals surface area contributed by atoms with Gasteiger partial charge in [-0.3, -0.25) is 9.69 Å². The highest BCUT2D eigenvalue weighted by atomic mass is 79.9. The number of hydrogen-bond donors (Lipinski definition) is 0. The van der Waals surface area contributed by atoms with Gasteiger partial charge >= 0.3 is 6.09 Å². The number of fused-ring (bicyclic) bond motifs is 5. The maximum absolute atomic E-state index is 12.7. The van der Waals surface area contributed by atoms with E-state index in [4.69, 9.17) is 9.16 Å². The molecule has 5 nitrogen and oxygen atoms in total. The average Bonchev–Trinajstić information content (AvgIpc) is 3.49. The molecule has 0 N–H and O–H groups in total. The van der Waals surface area contributed by atoms with Crippen LogP contribution >= 0.6 is 15.9 Å². The Morgan fingerprint density at radius 2 is 1.65 bits per heavy atom. The molecule has 2 bridgehead atoms. The van der Waals surface area contributed by atoms with Crippen molar-refractivity contribution >= 4 is 46.5 Å². The summed E-state index contributed by atoms with van der Waals surface area (Å²) in [5.74, 6) is 0.447. The number of alkyl halides is 1. The van der Waals surface area contributed by atoms with E-state index >= 15 is 0 Å². The van der Waals surface area contributed by atoms with Gasteiger partial charge < -0.3 is 9.16 Å². The monoisotopic (exact) mass is 541 g/mol. The Morgan fingerprint density at radius 1 is 1.06 bits per heavy atom. The fourth-order valence-corrected chi connectivity index (χ4v) is 11.5. The second kappa shape index (κ2) is 8.92. The van der Waals surface area contributed by atoms with Crippen molar-refractivity contribution in [3.05, 3.63) is 60.7 Å². The summed E-state index contributed by atoms with van der Waals surface area (Å²) in [6.45, 7) is 6.97. The van der Waals surface area contributed by atoms with Gasteiger partial charge in [-0.1, -0.05) is 97.4 Å². The molecule has 2 saturated carbocycles. The fourth-order valence-electron chi connectivity index (χ4n) is 6.56. The van der Waals surface area contributed by atoms with Crippen LogP contribution in [0.15, 0.2) is 60.7 Å². The van der Waals surface area contributed by atoms with Crippen LogP contribution in [0.5, 0.6) is 0 Å². The molecule has 1 heterocycles. The van der Waals surface area contributed by atoms with Crippen LogP contribution in [0.3, 0.4) is 0 Å². The maximum Gasteiger partial charge on any atom is 0.410 e. The summed E-state index contributed by atoms with van der Waals surface area (Å²) in [4.78, 5) is 26.5. The molecule has 34 heavy (non-hydrogen) atoms. The van der Waals surface area contributed by atoms with E-state index in [1.165, 1.54) is 10.4 Å². The highest BCUT2D eigenvalue weighted by Crippen LogP contribution is 2.53. The number of carbonyl (C=O) groups excluding carboxylic acids is 2. The molecule has 0 spiro atoms. The molecule has 7 heteroatoms. The van der Waals surface area contributed by atoms with Crippen LogP contribution in [-0.4, -0.2) is 55.2 Å². The predicted octanol–water partition coefficient (Wildman–Crippen LogP) is 4.12. The molecule has 3 aliphatic rings. The van der Waals surface area contributed by atoms with E-state index in [2.05, 4.69) is 97.4 Å². The van der Waals surface area contributed by atoms with Gasteiger partial charge in [0.25, 0.3) is 8.32 Å². The summed E-state index contributed by atoms with van der Waals surface area (Å²) >= 11 is 3.23. The minimum absolute atomic E-state index is 0.00942. The Morgan fingerprint density at radius 3 is 2.18 bits per heavy atom. The topological polar surface area (TPSA) is 55.8 Å². The first-order chi connectivity index (χ1) is 16.3. The summed E-state index contributed by atoms with van der Waals surface area (Å²) in [7, 11) is -2.69. The molecule has 1 saturated heterocycles. The van der Waals surface area contributed by atoms with Crippen molar-refractivity contribution in [1.82, 2.24) is 4.90 Å². The molecular formula is C27H32BrNO4Si. The van der Waals surface area contributed by atoms with Gasteiger partial charge in [0.2, 0.25) is 0 Å². The van der Waals surface area contributed by atoms with Crippen molar-refractivity contribution in [2.24, 2.45) is 11.8 Å². The molecule has 0 aromatic heterocycles. The lowest BCUT2D eigenvalue weighted by Gasteiger charge is -2.47. The van der Waals surface area contributed by atoms with Gasteiger partial charge in [-0.05, 0) is 28.3 Å². The number of halogens is 1. The molecule has 2 aliphatic carbocycles. The quantitative estimate of drug-likeness (QED) is 0.390. The van der Waals surface area contributed by atoms with Crippen molar-refractivity contribution < 1.29 is 18.8 Å². The maximum atomic E-state index is 12.7. The van der Waals surface area contributed by atoms with Crippen LogP contribution in [-0.2, 0) is 14.0 Å². The van der Waals surface area contributed by atoms with Crippen LogP contribution in [0.2, 0.25) is 5.04 Å². The first-order valence-corrected chi connectivity index (χ1v) is 15.1. The molecule has 5 rings (SSSR count). The van der Waals surface area contributed by atoms with Crippen LogP contribution in [0.4, 0.5) is 4.79 Å². The molecule has 1 amide bonds. The number of nitrogens with zero attached hydrogens (tertiary/aromatic N) is 1. The molecule has 5 atom stereocenters. The lowest BCUT2D eigenvalue weighted by molar-refractivity contribution is -0.117. The lowest BCUT2D eigenvalue weighted by atomic mass is 9.90. The zero-order valence-corrected chi connectivity index (χ0v) is 22.5. The Bertz CT molecular complexity index is 1020. The van der Waals surface area contributed by atoms with E-state index in [1.54, 1.807) is 4.90 Å². The standard InChI is InChI=1S/C27H32BrNO4Si/c1-27(2,3)34(20-10-6-4-7-11-20,21-12-8-5-9-13-21)33-23-15-18-14-22(23)24-25(18)32-26(31)29(24)17-19(30)16-28/h4-13,18,22-25H,14-17H2,1-3H3/t18-,22+,23-,24-,25+/m0/s1. The number of Topliss-reactive ketones (excluding diaryl/α,β-unsaturated/α-hetero) is 1. The third-order valence-electron chi connectivity index (χ3n) is 7.90. The van der Waals surface area contributed by atoms with Crippen LogP contribution in [0.1, 0.15) is 33.6 Å². The van der Waals surface area contributed by atoms with E-state index in [-0.39, 0.29) is 58.9 Å². The summed E-state index contributed by atoms with van der Waals surface area (Å²) in [6, 6.07) is 21.3.